The summed E-state index contributed by atoms with van der Waals surface area (Å²) in [6.07, 6.45) is 1.94. The molecule has 1 heterocycles. The van der Waals surface area contributed by atoms with Gasteiger partial charge in [-0.25, -0.2) is 0 Å². The molecule has 28 heavy (non-hydrogen) atoms. The van der Waals surface area contributed by atoms with Crippen LogP contribution in [0.4, 0.5) is 0 Å². The summed E-state index contributed by atoms with van der Waals surface area (Å²) in [5.41, 5.74) is 2.27. The average molecular weight is 378 g/mol. The molecule has 0 saturated carbocycles. The molecule has 1 unspecified atom stereocenters. The predicted octanol–water partition coefficient (Wildman–Crippen LogP) is 4.93. The van der Waals surface area contributed by atoms with Gasteiger partial charge in [0.2, 0.25) is 0 Å². The molecule has 1 aliphatic rings. The van der Waals surface area contributed by atoms with Crippen LogP contribution in [-0.2, 0) is 4.74 Å². The molecule has 1 aliphatic heterocycles. The summed E-state index contributed by atoms with van der Waals surface area (Å²) < 4.78 is 11.6. The van der Waals surface area contributed by atoms with Crippen molar-refractivity contribution in [3.8, 4) is 17.6 Å². The third kappa shape index (κ3) is 6.71. The highest BCUT2D eigenvalue weighted by Gasteiger charge is 2.15. The Kier molecular flexibility index (Phi) is 7.96. The number of morpholine rings is 1. The largest absolute Gasteiger partial charge is 0.486 e. The van der Waals surface area contributed by atoms with E-state index >= 15 is 0 Å². The number of benzene rings is 2. The van der Waals surface area contributed by atoms with E-state index in [9.17, 15) is 0 Å². The molecule has 3 rings (SSSR count). The van der Waals surface area contributed by atoms with Crippen LogP contribution in [0, 0.1) is 17.8 Å². The molecule has 0 bridgehead atoms. The zero-order valence-electron chi connectivity index (χ0n) is 17.1. The van der Waals surface area contributed by atoms with E-state index in [0.29, 0.717) is 5.92 Å². The quantitative estimate of drug-likeness (QED) is 0.639. The van der Waals surface area contributed by atoms with E-state index in [1.807, 2.05) is 30.3 Å². The van der Waals surface area contributed by atoms with Crippen LogP contribution < -0.4 is 4.74 Å². The summed E-state index contributed by atoms with van der Waals surface area (Å²) in [4.78, 5) is 2.42. The SMILES string of the molecule is CC(C)CC(Oc1ccccc1)c1ccc(C#CCCN2CCOCC2)cc1. The second-order valence-electron chi connectivity index (χ2n) is 7.68. The van der Waals surface area contributed by atoms with Crippen molar-refractivity contribution < 1.29 is 9.47 Å². The van der Waals surface area contributed by atoms with Gasteiger partial charge in [-0.15, -0.1) is 0 Å². The van der Waals surface area contributed by atoms with Crippen molar-refractivity contribution in [1.29, 1.82) is 0 Å². The van der Waals surface area contributed by atoms with Gasteiger partial charge < -0.3 is 9.47 Å². The molecule has 0 N–H and O–H groups in total. The number of nitrogens with zero attached hydrogens (tertiary/aromatic N) is 1. The first-order valence-electron chi connectivity index (χ1n) is 10.3. The molecule has 0 amide bonds. The van der Waals surface area contributed by atoms with E-state index < -0.39 is 0 Å². The van der Waals surface area contributed by atoms with Gasteiger partial charge in [-0.2, -0.15) is 0 Å². The molecular formula is C25H31NO2. The number of rotatable bonds is 7. The smallest absolute Gasteiger partial charge is 0.124 e. The summed E-state index contributed by atoms with van der Waals surface area (Å²) >= 11 is 0. The maximum Gasteiger partial charge on any atom is 0.124 e. The van der Waals surface area contributed by atoms with Crippen molar-refractivity contribution >= 4 is 0 Å². The third-order valence-electron chi connectivity index (χ3n) is 4.88. The highest BCUT2D eigenvalue weighted by molar-refractivity contribution is 5.37. The number of ether oxygens (including phenoxy) is 2. The molecule has 0 aliphatic carbocycles. The summed E-state index contributed by atoms with van der Waals surface area (Å²) in [5.74, 6) is 8.08. The molecule has 3 nitrogen and oxygen atoms in total. The van der Waals surface area contributed by atoms with Crippen molar-refractivity contribution in [3.63, 3.8) is 0 Å². The van der Waals surface area contributed by atoms with Gasteiger partial charge in [0.05, 0.1) is 13.2 Å². The monoisotopic (exact) mass is 377 g/mol. The Morgan fingerprint density at radius 2 is 1.71 bits per heavy atom. The Balaban J connectivity index is 1.58. The Bertz CT molecular complexity index is 753. The van der Waals surface area contributed by atoms with Gasteiger partial charge in [0.1, 0.15) is 11.9 Å². The number of para-hydroxylation sites is 1. The van der Waals surface area contributed by atoms with E-state index in [0.717, 1.165) is 57.0 Å². The maximum atomic E-state index is 6.27. The lowest BCUT2D eigenvalue weighted by Gasteiger charge is -2.25. The van der Waals surface area contributed by atoms with E-state index in [1.54, 1.807) is 0 Å². The van der Waals surface area contributed by atoms with Crippen LogP contribution in [0.25, 0.3) is 0 Å². The lowest BCUT2D eigenvalue weighted by molar-refractivity contribution is 0.0390. The molecule has 0 spiro atoms. The third-order valence-corrected chi connectivity index (χ3v) is 4.88. The molecule has 0 radical (unpaired) electrons. The summed E-state index contributed by atoms with van der Waals surface area (Å²) in [7, 11) is 0. The van der Waals surface area contributed by atoms with Crippen LogP contribution in [0.2, 0.25) is 0 Å². The minimum atomic E-state index is 0.0609. The van der Waals surface area contributed by atoms with E-state index in [-0.39, 0.29) is 6.10 Å². The standard InChI is InChI=1S/C25H31NO2/c1-21(2)20-25(28-24-9-4-3-5-10-24)23-13-11-22(12-14-23)8-6-7-15-26-16-18-27-19-17-26/h3-5,9-14,21,25H,7,15-20H2,1-2H3. The second-order valence-corrected chi connectivity index (χ2v) is 7.68. The predicted molar refractivity (Wildman–Crippen MR) is 114 cm³/mol. The molecule has 1 atom stereocenters. The minimum Gasteiger partial charge on any atom is -0.486 e. The van der Waals surface area contributed by atoms with Gasteiger partial charge in [0, 0.05) is 31.6 Å². The molecule has 1 saturated heterocycles. The minimum absolute atomic E-state index is 0.0609. The van der Waals surface area contributed by atoms with Crippen LogP contribution in [-0.4, -0.2) is 37.7 Å². The lowest BCUT2D eigenvalue weighted by atomic mass is 9.98. The fourth-order valence-corrected chi connectivity index (χ4v) is 3.33. The molecule has 2 aromatic rings. The molecule has 148 valence electrons. The van der Waals surface area contributed by atoms with Crippen molar-refractivity contribution in [3.05, 3.63) is 65.7 Å². The molecule has 1 fully saturated rings. The second kappa shape index (κ2) is 10.9. The lowest BCUT2D eigenvalue weighted by Crippen LogP contribution is -2.36. The van der Waals surface area contributed by atoms with Crippen molar-refractivity contribution in [1.82, 2.24) is 4.90 Å². The van der Waals surface area contributed by atoms with Gasteiger partial charge >= 0.3 is 0 Å². The number of hydrogen-bond donors (Lipinski definition) is 0. The Morgan fingerprint density at radius 1 is 1.00 bits per heavy atom. The first kappa shape index (κ1) is 20.5. The van der Waals surface area contributed by atoms with Crippen molar-refractivity contribution in [2.24, 2.45) is 5.92 Å². The average Bonchev–Trinajstić information content (AvgIpc) is 2.72. The first-order valence-corrected chi connectivity index (χ1v) is 10.3. The molecule has 2 aromatic carbocycles. The van der Waals surface area contributed by atoms with Crippen LogP contribution in [0.15, 0.2) is 54.6 Å². The van der Waals surface area contributed by atoms with E-state index in [2.05, 4.69) is 54.9 Å². The summed E-state index contributed by atoms with van der Waals surface area (Å²) in [5, 5.41) is 0. The van der Waals surface area contributed by atoms with E-state index in [4.69, 9.17) is 9.47 Å². The van der Waals surface area contributed by atoms with E-state index in [1.165, 1.54) is 5.56 Å². The maximum absolute atomic E-state index is 6.27. The highest BCUT2D eigenvalue weighted by atomic mass is 16.5. The topological polar surface area (TPSA) is 21.7 Å². The van der Waals surface area contributed by atoms with Crippen LogP contribution in [0.3, 0.4) is 0 Å². The molecule has 0 aromatic heterocycles. The number of hydrogen-bond acceptors (Lipinski definition) is 3. The zero-order valence-corrected chi connectivity index (χ0v) is 17.1. The van der Waals surface area contributed by atoms with Crippen molar-refractivity contribution in [2.45, 2.75) is 32.8 Å². The van der Waals surface area contributed by atoms with Gasteiger partial charge in [0.15, 0.2) is 0 Å². The summed E-state index contributed by atoms with van der Waals surface area (Å²) in [6, 6.07) is 18.6. The van der Waals surface area contributed by atoms with Gasteiger partial charge in [-0.1, -0.05) is 56.0 Å². The fraction of sp³-hybridized carbons (Fsp3) is 0.440. The van der Waals surface area contributed by atoms with Crippen molar-refractivity contribution in [2.75, 3.05) is 32.8 Å². The first-order chi connectivity index (χ1) is 13.7. The fourth-order valence-electron chi connectivity index (χ4n) is 3.33. The Labute approximate surface area is 169 Å². The molecular weight excluding hydrogens is 346 g/mol. The van der Waals surface area contributed by atoms with Crippen LogP contribution in [0.1, 0.15) is 43.9 Å². The normalized spacial score (nSPS) is 15.7. The Hall–Kier alpha value is -2.28. The van der Waals surface area contributed by atoms with Gasteiger partial charge in [-0.05, 0) is 42.2 Å². The Morgan fingerprint density at radius 3 is 2.39 bits per heavy atom. The van der Waals surface area contributed by atoms with Crippen LogP contribution >= 0.6 is 0 Å². The van der Waals surface area contributed by atoms with Gasteiger partial charge in [-0.3, -0.25) is 4.90 Å². The summed E-state index contributed by atoms with van der Waals surface area (Å²) in [6.45, 7) is 9.22. The highest BCUT2D eigenvalue weighted by Crippen LogP contribution is 2.27. The molecule has 3 heteroatoms. The van der Waals surface area contributed by atoms with Crippen LogP contribution in [0.5, 0.6) is 5.75 Å². The van der Waals surface area contributed by atoms with Gasteiger partial charge in [0.25, 0.3) is 0 Å². The zero-order chi connectivity index (χ0) is 19.6.